The Morgan fingerprint density at radius 3 is 2.52 bits per heavy atom. The molecule has 1 N–H and O–H groups in total. The van der Waals surface area contributed by atoms with Crippen LogP contribution < -0.4 is 10.1 Å². The maximum Gasteiger partial charge on any atom is 0.270 e. The average molecular weight is 378 g/mol. The minimum atomic E-state index is -0.507. The first-order valence-electron chi connectivity index (χ1n) is 8.19. The molecule has 0 fully saturated rings. The molecule has 1 unspecified atom stereocenters. The van der Waals surface area contributed by atoms with Crippen LogP contribution in [0.4, 0.5) is 5.69 Å². The van der Waals surface area contributed by atoms with Gasteiger partial charge in [-0.1, -0.05) is 48.2 Å². The molecular formula is C20H14N2O4S. The van der Waals surface area contributed by atoms with E-state index in [9.17, 15) is 14.9 Å². The van der Waals surface area contributed by atoms with Crippen LogP contribution in [0.1, 0.15) is 21.3 Å². The number of rotatable bonds is 4. The molecule has 1 heterocycles. The zero-order chi connectivity index (χ0) is 18.8. The molecule has 1 aliphatic rings. The van der Waals surface area contributed by atoms with E-state index < -0.39 is 4.92 Å². The van der Waals surface area contributed by atoms with Crippen molar-refractivity contribution < 1.29 is 14.5 Å². The number of hydrogen-bond acceptors (Lipinski definition) is 5. The molecule has 3 aromatic carbocycles. The van der Waals surface area contributed by atoms with Gasteiger partial charge >= 0.3 is 0 Å². The van der Waals surface area contributed by atoms with Gasteiger partial charge in [-0.3, -0.25) is 14.9 Å². The lowest BCUT2D eigenvalue weighted by Gasteiger charge is -2.26. The Hall–Kier alpha value is -3.32. The van der Waals surface area contributed by atoms with Crippen LogP contribution in [0, 0.1) is 10.1 Å². The van der Waals surface area contributed by atoms with Crippen molar-refractivity contribution in [3.8, 4) is 11.5 Å². The van der Waals surface area contributed by atoms with Crippen LogP contribution in [-0.4, -0.2) is 10.8 Å². The van der Waals surface area contributed by atoms with E-state index in [4.69, 9.17) is 4.74 Å². The number of thioether (sulfide) groups is 1. The second kappa shape index (κ2) is 7.13. The molecule has 1 atom stereocenters. The Labute approximate surface area is 159 Å². The maximum absolute atomic E-state index is 12.5. The third-order valence-electron chi connectivity index (χ3n) is 4.10. The van der Waals surface area contributed by atoms with Crippen LogP contribution in [0.15, 0.2) is 77.7 Å². The van der Waals surface area contributed by atoms with Gasteiger partial charge in [-0.15, -0.1) is 0 Å². The lowest BCUT2D eigenvalue weighted by molar-refractivity contribution is -0.384. The van der Waals surface area contributed by atoms with Gasteiger partial charge in [-0.05, 0) is 24.3 Å². The van der Waals surface area contributed by atoms with Crippen molar-refractivity contribution in [1.82, 2.24) is 5.32 Å². The summed E-state index contributed by atoms with van der Waals surface area (Å²) in [6.07, 6.45) is 0. The number of fused-ring (bicyclic) bond motifs is 1. The van der Waals surface area contributed by atoms with Gasteiger partial charge in [0.1, 0.15) is 16.9 Å². The Morgan fingerprint density at radius 1 is 1.00 bits per heavy atom. The number of nitro benzene ring substituents is 1. The number of nitro groups is 1. The first kappa shape index (κ1) is 17.1. The van der Waals surface area contributed by atoms with Gasteiger partial charge in [0.05, 0.1) is 10.5 Å². The minimum Gasteiger partial charge on any atom is -0.457 e. The smallest absolute Gasteiger partial charge is 0.270 e. The van der Waals surface area contributed by atoms with E-state index >= 15 is 0 Å². The monoisotopic (exact) mass is 378 g/mol. The molecule has 27 heavy (non-hydrogen) atoms. The highest BCUT2D eigenvalue weighted by Crippen LogP contribution is 2.43. The third-order valence-corrected chi connectivity index (χ3v) is 5.32. The number of hydrogen-bond donors (Lipinski definition) is 1. The molecule has 0 saturated heterocycles. The Bertz CT molecular complexity index is 1020. The number of carbonyl (C=O) groups is 1. The van der Waals surface area contributed by atoms with Crippen LogP contribution in [0.3, 0.4) is 0 Å². The van der Waals surface area contributed by atoms with Gasteiger partial charge in [-0.25, -0.2) is 0 Å². The zero-order valence-corrected chi connectivity index (χ0v) is 14.8. The highest BCUT2D eigenvalue weighted by molar-refractivity contribution is 7.99. The number of nitrogens with zero attached hydrogens (tertiary/aromatic N) is 1. The van der Waals surface area contributed by atoms with Crippen LogP contribution in [-0.2, 0) is 0 Å². The highest BCUT2D eigenvalue weighted by Gasteiger charge is 2.29. The molecular weight excluding hydrogens is 364 g/mol. The summed E-state index contributed by atoms with van der Waals surface area (Å²) in [4.78, 5) is 23.7. The van der Waals surface area contributed by atoms with Crippen LogP contribution in [0.2, 0.25) is 0 Å². The van der Waals surface area contributed by atoms with Crippen molar-refractivity contribution in [1.29, 1.82) is 0 Å². The van der Waals surface area contributed by atoms with Gasteiger partial charge < -0.3 is 10.1 Å². The minimum absolute atomic E-state index is 0.101. The Morgan fingerprint density at radius 2 is 1.74 bits per heavy atom. The lowest BCUT2D eigenvalue weighted by Crippen LogP contribution is -2.31. The second-order valence-corrected chi connectivity index (χ2v) is 7.01. The number of amides is 1. The third kappa shape index (κ3) is 3.50. The SMILES string of the molecule is O=C1NC(c2ccccc2Oc2ccccc2)Sc2ccc([N+](=O)[O-])cc21. The molecule has 4 rings (SSSR count). The topological polar surface area (TPSA) is 81.5 Å². The summed E-state index contributed by atoms with van der Waals surface area (Å²) in [6, 6.07) is 21.2. The molecule has 0 spiro atoms. The fraction of sp³-hybridized carbons (Fsp3) is 0.0500. The Balaban J connectivity index is 1.66. The number of non-ortho nitro benzene ring substituents is 1. The van der Waals surface area contributed by atoms with Gasteiger partial charge in [-0.2, -0.15) is 0 Å². The maximum atomic E-state index is 12.5. The predicted octanol–water partition coefficient (Wildman–Crippen LogP) is 4.92. The molecule has 6 nitrogen and oxygen atoms in total. The normalized spacial score (nSPS) is 15.6. The van der Waals surface area contributed by atoms with Gasteiger partial charge in [0.2, 0.25) is 0 Å². The molecule has 3 aromatic rings. The van der Waals surface area contributed by atoms with E-state index in [0.29, 0.717) is 22.0 Å². The van der Waals surface area contributed by atoms with Crippen LogP contribution in [0.25, 0.3) is 0 Å². The molecule has 134 valence electrons. The standard InChI is InChI=1S/C20H14N2O4S/c23-19-16-12-13(22(24)25)10-11-18(16)27-20(21-19)15-8-4-5-9-17(15)26-14-6-2-1-3-7-14/h1-12,20H,(H,21,23). The van der Waals surface area contributed by atoms with Gasteiger partial charge in [0.25, 0.3) is 11.6 Å². The Kier molecular flexibility index (Phi) is 4.52. The van der Waals surface area contributed by atoms with Gasteiger partial charge in [0, 0.05) is 22.6 Å². The summed E-state index contributed by atoms with van der Waals surface area (Å²) >= 11 is 1.42. The largest absolute Gasteiger partial charge is 0.457 e. The van der Waals surface area contributed by atoms with Crippen LogP contribution >= 0.6 is 11.8 Å². The van der Waals surface area contributed by atoms with E-state index in [0.717, 1.165) is 5.56 Å². The average Bonchev–Trinajstić information content (AvgIpc) is 2.69. The van der Waals surface area contributed by atoms with Crippen molar-refractivity contribution in [3.63, 3.8) is 0 Å². The fourth-order valence-electron chi connectivity index (χ4n) is 2.81. The van der Waals surface area contributed by atoms with Crippen molar-refractivity contribution >= 4 is 23.4 Å². The molecule has 7 heteroatoms. The van der Waals surface area contributed by atoms with Crippen LogP contribution in [0.5, 0.6) is 11.5 Å². The van der Waals surface area contributed by atoms with Crippen molar-refractivity contribution in [2.45, 2.75) is 10.3 Å². The van der Waals surface area contributed by atoms with Crippen molar-refractivity contribution in [3.05, 3.63) is 94.0 Å². The number of nitrogens with one attached hydrogen (secondary N) is 1. The van der Waals surface area contributed by atoms with E-state index in [-0.39, 0.29) is 17.0 Å². The fourth-order valence-corrected chi connectivity index (χ4v) is 3.98. The predicted molar refractivity (Wildman–Crippen MR) is 102 cm³/mol. The number of benzene rings is 3. The molecule has 0 saturated carbocycles. The summed E-state index contributed by atoms with van der Waals surface area (Å²) < 4.78 is 5.98. The first-order chi connectivity index (χ1) is 13.1. The van der Waals surface area contributed by atoms with E-state index in [2.05, 4.69) is 5.32 Å². The van der Waals surface area contributed by atoms with E-state index in [1.54, 1.807) is 6.07 Å². The second-order valence-electron chi connectivity index (χ2n) is 5.86. The van der Waals surface area contributed by atoms with Gasteiger partial charge in [0.15, 0.2) is 0 Å². The molecule has 0 bridgehead atoms. The molecule has 0 aliphatic carbocycles. The summed E-state index contributed by atoms with van der Waals surface area (Å²) in [5.41, 5.74) is 1.03. The molecule has 0 aromatic heterocycles. The van der Waals surface area contributed by atoms with E-state index in [1.165, 1.54) is 23.9 Å². The summed E-state index contributed by atoms with van der Waals surface area (Å²) in [6.45, 7) is 0. The number of carbonyl (C=O) groups excluding carboxylic acids is 1. The zero-order valence-electron chi connectivity index (χ0n) is 14.0. The van der Waals surface area contributed by atoms with Crippen molar-refractivity contribution in [2.24, 2.45) is 0 Å². The summed E-state index contributed by atoms with van der Waals surface area (Å²) in [5, 5.41) is 13.5. The molecule has 1 aliphatic heterocycles. The highest BCUT2D eigenvalue weighted by atomic mass is 32.2. The summed E-state index contributed by atoms with van der Waals surface area (Å²) in [7, 11) is 0. The number of para-hydroxylation sites is 2. The van der Waals surface area contributed by atoms with Crippen molar-refractivity contribution in [2.75, 3.05) is 0 Å². The molecule has 0 radical (unpaired) electrons. The summed E-state index contributed by atoms with van der Waals surface area (Å²) in [5.74, 6) is 1.01. The first-order valence-corrected chi connectivity index (χ1v) is 9.07. The number of ether oxygens (including phenoxy) is 1. The van der Waals surface area contributed by atoms with E-state index in [1.807, 2.05) is 54.6 Å². The molecule has 1 amide bonds. The quantitative estimate of drug-likeness (QED) is 0.515. The lowest BCUT2D eigenvalue weighted by atomic mass is 10.1.